The molecule has 0 unspecified atom stereocenters. The normalized spacial score (nSPS) is 13.0. The van der Waals surface area contributed by atoms with E-state index < -0.39 is 5.97 Å². The lowest BCUT2D eigenvalue weighted by Gasteiger charge is -1.91. The van der Waals surface area contributed by atoms with E-state index in [9.17, 15) is 4.79 Å². The zero-order valence-corrected chi connectivity index (χ0v) is 7.28. The minimum Gasteiger partial charge on any atom is -0.478 e. The molecule has 2 N–H and O–H groups in total. The van der Waals surface area contributed by atoms with E-state index in [-0.39, 0.29) is 10.6 Å². The van der Waals surface area contributed by atoms with Crippen molar-refractivity contribution in [3.8, 4) is 0 Å². The third kappa shape index (κ3) is 4.70. The SMILES string of the molecule is C/C(=C\C(Cl)=C/NCl)C(=O)O. The number of rotatable bonds is 3. The number of aliphatic carboxylic acids is 1. The highest BCUT2D eigenvalue weighted by atomic mass is 35.5. The highest BCUT2D eigenvalue weighted by Crippen LogP contribution is 2.05. The number of hydrogen-bond acceptors (Lipinski definition) is 2. The predicted octanol–water partition coefficient (Wildman–Crippen LogP) is 1.84. The van der Waals surface area contributed by atoms with Gasteiger partial charge in [0, 0.05) is 23.5 Å². The lowest BCUT2D eigenvalue weighted by atomic mass is 10.3. The van der Waals surface area contributed by atoms with Gasteiger partial charge in [0.15, 0.2) is 0 Å². The molecule has 0 saturated carbocycles. The molecule has 0 amide bonds. The number of carboxylic acid groups (broad SMARTS) is 1. The Morgan fingerprint density at radius 2 is 2.18 bits per heavy atom. The van der Waals surface area contributed by atoms with Crippen LogP contribution >= 0.6 is 23.4 Å². The molecular formula is C6H7Cl2NO2. The Labute approximate surface area is 74.4 Å². The van der Waals surface area contributed by atoms with Gasteiger partial charge in [-0.2, -0.15) is 0 Å². The maximum Gasteiger partial charge on any atom is 0.331 e. The van der Waals surface area contributed by atoms with Gasteiger partial charge in [-0.3, -0.25) is 0 Å². The van der Waals surface area contributed by atoms with Gasteiger partial charge in [0.25, 0.3) is 0 Å². The molecular weight excluding hydrogens is 189 g/mol. The molecule has 0 aromatic heterocycles. The van der Waals surface area contributed by atoms with E-state index in [1.165, 1.54) is 19.2 Å². The molecule has 5 heteroatoms. The van der Waals surface area contributed by atoms with Gasteiger partial charge in [-0.15, -0.1) is 0 Å². The summed E-state index contributed by atoms with van der Waals surface area (Å²) in [6, 6.07) is 0. The van der Waals surface area contributed by atoms with E-state index in [0.717, 1.165) is 0 Å². The number of carbonyl (C=O) groups is 1. The van der Waals surface area contributed by atoms with E-state index >= 15 is 0 Å². The van der Waals surface area contributed by atoms with E-state index in [4.69, 9.17) is 28.5 Å². The van der Waals surface area contributed by atoms with Crippen LogP contribution in [0.2, 0.25) is 0 Å². The first-order valence-corrected chi connectivity index (χ1v) is 3.47. The highest BCUT2D eigenvalue weighted by Gasteiger charge is 1.98. The lowest BCUT2D eigenvalue weighted by Crippen LogP contribution is -1.96. The number of carboxylic acids is 1. The van der Waals surface area contributed by atoms with Crippen LogP contribution in [0.3, 0.4) is 0 Å². The molecule has 3 nitrogen and oxygen atoms in total. The zero-order chi connectivity index (χ0) is 8.85. The Balaban J connectivity index is 4.30. The van der Waals surface area contributed by atoms with Gasteiger partial charge in [-0.1, -0.05) is 11.6 Å². The lowest BCUT2D eigenvalue weighted by molar-refractivity contribution is -0.132. The van der Waals surface area contributed by atoms with Crippen molar-refractivity contribution in [2.45, 2.75) is 6.92 Å². The van der Waals surface area contributed by atoms with Gasteiger partial charge >= 0.3 is 5.97 Å². The van der Waals surface area contributed by atoms with Gasteiger partial charge < -0.3 is 9.94 Å². The second kappa shape index (κ2) is 5.04. The smallest absolute Gasteiger partial charge is 0.331 e. The van der Waals surface area contributed by atoms with Crippen LogP contribution in [-0.4, -0.2) is 11.1 Å². The van der Waals surface area contributed by atoms with Crippen molar-refractivity contribution < 1.29 is 9.90 Å². The van der Waals surface area contributed by atoms with Crippen LogP contribution in [0.5, 0.6) is 0 Å². The number of halogens is 2. The Kier molecular flexibility index (Phi) is 4.74. The van der Waals surface area contributed by atoms with Gasteiger partial charge in [0.05, 0.1) is 5.03 Å². The Bertz CT molecular complexity index is 211. The van der Waals surface area contributed by atoms with Crippen molar-refractivity contribution in [2.24, 2.45) is 0 Å². The quantitative estimate of drug-likeness (QED) is 0.411. The van der Waals surface area contributed by atoms with Crippen molar-refractivity contribution in [3.63, 3.8) is 0 Å². The molecule has 0 saturated heterocycles. The first kappa shape index (κ1) is 10.3. The molecule has 11 heavy (non-hydrogen) atoms. The largest absolute Gasteiger partial charge is 0.478 e. The number of allylic oxidation sites excluding steroid dienone is 2. The molecule has 0 fully saturated rings. The molecule has 0 rings (SSSR count). The predicted molar refractivity (Wildman–Crippen MR) is 44.3 cm³/mol. The fraction of sp³-hybridized carbons (Fsp3) is 0.167. The molecule has 0 aromatic carbocycles. The minimum absolute atomic E-state index is 0.151. The summed E-state index contributed by atoms with van der Waals surface area (Å²) in [5.74, 6) is -1.01. The maximum atomic E-state index is 10.2. The van der Waals surface area contributed by atoms with Gasteiger partial charge in [-0.05, 0) is 13.0 Å². The molecule has 0 atom stereocenters. The average molecular weight is 196 g/mol. The summed E-state index contributed by atoms with van der Waals surface area (Å²) < 4.78 is 0. The van der Waals surface area contributed by atoms with Crippen molar-refractivity contribution in [1.29, 1.82) is 0 Å². The number of nitrogens with one attached hydrogen (secondary N) is 1. The molecule has 0 bridgehead atoms. The van der Waals surface area contributed by atoms with Crippen molar-refractivity contribution in [3.05, 3.63) is 22.9 Å². The standard InChI is InChI=1S/C6H7Cl2NO2/c1-4(6(10)11)2-5(7)3-9-8/h2-3,9H,1H3,(H,10,11)/b4-2+,5-3+. The number of hydrogen-bond donors (Lipinski definition) is 2. The highest BCUT2D eigenvalue weighted by molar-refractivity contribution is 6.31. The van der Waals surface area contributed by atoms with Crippen molar-refractivity contribution in [1.82, 2.24) is 4.84 Å². The summed E-state index contributed by atoms with van der Waals surface area (Å²) in [4.78, 5) is 12.4. The summed E-state index contributed by atoms with van der Waals surface area (Å²) in [7, 11) is 0. The molecule has 0 aliphatic heterocycles. The zero-order valence-electron chi connectivity index (χ0n) is 5.77. The molecule has 62 valence electrons. The van der Waals surface area contributed by atoms with E-state index in [0.29, 0.717) is 0 Å². The Hall–Kier alpha value is -0.670. The van der Waals surface area contributed by atoms with Crippen LogP contribution in [-0.2, 0) is 4.79 Å². The summed E-state index contributed by atoms with van der Waals surface area (Å²) in [5, 5.41) is 8.63. The van der Waals surface area contributed by atoms with Crippen molar-refractivity contribution >= 4 is 29.3 Å². The third-order valence-electron chi connectivity index (χ3n) is 0.884. The molecule has 0 aliphatic rings. The summed E-state index contributed by atoms with van der Waals surface area (Å²) in [6.07, 6.45) is 2.56. The third-order valence-corrected chi connectivity index (χ3v) is 1.21. The van der Waals surface area contributed by atoms with Gasteiger partial charge in [0.1, 0.15) is 0 Å². The summed E-state index contributed by atoms with van der Waals surface area (Å²) in [5.41, 5.74) is 0.151. The van der Waals surface area contributed by atoms with E-state index in [1.807, 2.05) is 0 Å². The van der Waals surface area contributed by atoms with Crippen LogP contribution in [0.1, 0.15) is 6.92 Å². The molecule has 0 heterocycles. The topological polar surface area (TPSA) is 49.3 Å². The Morgan fingerprint density at radius 1 is 1.64 bits per heavy atom. The van der Waals surface area contributed by atoms with Gasteiger partial charge in [-0.25, -0.2) is 4.79 Å². The van der Waals surface area contributed by atoms with Crippen molar-refractivity contribution in [2.75, 3.05) is 0 Å². The molecule has 0 spiro atoms. The average Bonchev–Trinajstić information content (AvgIpc) is 1.87. The first-order chi connectivity index (χ1) is 5.07. The molecule has 0 radical (unpaired) electrons. The van der Waals surface area contributed by atoms with Crippen LogP contribution in [0, 0.1) is 0 Å². The molecule has 0 aromatic rings. The van der Waals surface area contributed by atoms with E-state index in [2.05, 4.69) is 4.84 Å². The Morgan fingerprint density at radius 3 is 2.55 bits per heavy atom. The summed E-state index contributed by atoms with van der Waals surface area (Å²) >= 11 is 10.6. The second-order valence-electron chi connectivity index (χ2n) is 1.77. The maximum absolute atomic E-state index is 10.2. The fourth-order valence-electron chi connectivity index (χ4n) is 0.362. The monoisotopic (exact) mass is 195 g/mol. The van der Waals surface area contributed by atoms with Crippen LogP contribution in [0.4, 0.5) is 0 Å². The van der Waals surface area contributed by atoms with Gasteiger partial charge in [0.2, 0.25) is 0 Å². The first-order valence-electron chi connectivity index (χ1n) is 2.71. The minimum atomic E-state index is -1.01. The second-order valence-corrected chi connectivity index (χ2v) is 2.43. The fourth-order valence-corrected chi connectivity index (χ4v) is 0.754. The van der Waals surface area contributed by atoms with E-state index in [1.54, 1.807) is 0 Å². The van der Waals surface area contributed by atoms with Crippen LogP contribution in [0.15, 0.2) is 22.9 Å². The van der Waals surface area contributed by atoms with Crippen LogP contribution < -0.4 is 4.84 Å². The van der Waals surface area contributed by atoms with Crippen LogP contribution in [0.25, 0.3) is 0 Å². The molecule has 0 aliphatic carbocycles. The summed E-state index contributed by atoms with van der Waals surface area (Å²) in [6.45, 7) is 1.44.